The van der Waals surface area contributed by atoms with Gasteiger partial charge in [-0.15, -0.1) is 0 Å². The van der Waals surface area contributed by atoms with E-state index in [0.717, 1.165) is 22.6 Å². The van der Waals surface area contributed by atoms with Crippen LogP contribution in [0.25, 0.3) is 5.57 Å². The SMILES string of the molecule is N#C/C(=C1/C(=C(F)C(F)(F)F)/C1=C(/I)C(F)(F)F)c1ccccc1. The minimum atomic E-state index is -5.44. The zero-order valence-electron chi connectivity index (χ0n) is 11.4. The third kappa shape index (κ3) is 3.48. The molecule has 1 aliphatic carbocycles. The van der Waals surface area contributed by atoms with E-state index in [2.05, 4.69) is 0 Å². The van der Waals surface area contributed by atoms with Crippen LogP contribution < -0.4 is 0 Å². The van der Waals surface area contributed by atoms with Gasteiger partial charge in [0.15, 0.2) is 0 Å². The summed E-state index contributed by atoms with van der Waals surface area (Å²) in [6.07, 6.45) is -10.4. The minimum Gasteiger partial charge on any atom is -0.201 e. The lowest BCUT2D eigenvalue weighted by molar-refractivity contribution is -0.109. The Hall–Kier alpha value is -1.83. The van der Waals surface area contributed by atoms with E-state index in [-0.39, 0.29) is 5.56 Å². The highest BCUT2D eigenvalue weighted by Crippen LogP contribution is 2.58. The first-order valence-electron chi connectivity index (χ1n) is 6.15. The molecular formula is C15H5F7IN. The van der Waals surface area contributed by atoms with Crippen LogP contribution in [0.5, 0.6) is 0 Å². The first kappa shape index (κ1) is 18.5. The Labute approximate surface area is 144 Å². The second-order valence-corrected chi connectivity index (χ2v) is 5.68. The van der Waals surface area contributed by atoms with Crippen molar-refractivity contribution in [2.45, 2.75) is 12.4 Å². The first-order valence-corrected chi connectivity index (χ1v) is 7.22. The van der Waals surface area contributed by atoms with Crippen molar-refractivity contribution in [2.75, 3.05) is 0 Å². The second kappa shape index (κ2) is 6.23. The Morgan fingerprint density at radius 2 is 1.42 bits per heavy atom. The average Bonchev–Trinajstić information content (AvgIpc) is 3.20. The van der Waals surface area contributed by atoms with Gasteiger partial charge in [-0.3, -0.25) is 0 Å². The molecule has 0 unspecified atom stereocenters. The smallest absolute Gasteiger partial charge is 0.201 e. The van der Waals surface area contributed by atoms with E-state index < -0.39 is 44.1 Å². The molecule has 0 N–H and O–H groups in total. The molecule has 0 atom stereocenters. The van der Waals surface area contributed by atoms with Crippen molar-refractivity contribution < 1.29 is 30.7 Å². The predicted octanol–water partition coefficient (Wildman–Crippen LogP) is 6.01. The Balaban J connectivity index is 2.81. The highest BCUT2D eigenvalue weighted by molar-refractivity contribution is 14.1. The molecule has 0 aliphatic heterocycles. The van der Waals surface area contributed by atoms with Crippen LogP contribution >= 0.6 is 22.6 Å². The minimum absolute atomic E-state index is 0.101. The maximum absolute atomic E-state index is 13.6. The topological polar surface area (TPSA) is 23.8 Å². The second-order valence-electron chi connectivity index (χ2n) is 4.60. The molecule has 1 aliphatic rings. The highest BCUT2D eigenvalue weighted by atomic mass is 127. The fourth-order valence-corrected chi connectivity index (χ4v) is 2.57. The Kier molecular flexibility index (Phi) is 4.81. The van der Waals surface area contributed by atoms with Crippen molar-refractivity contribution in [2.24, 2.45) is 0 Å². The van der Waals surface area contributed by atoms with Gasteiger partial charge in [-0.25, -0.2) is 4.39 Å². The van der Waals surface area contributed by atoms with Crippen LogP contribution in [-0.4, -0.2) is 12.4 Å². The summed E-state index contributed by atoms with van der Waals surface area (Å²) >= 11 is 0.805. The molecule has 1 fully saturated rings. The van der Waals surface area contributed by atoms with Gasteiger partial charge in [0.1, 0.15) is 9.65 Å². The monoisotopic (exact) mass is 459 g/mol. The summed E-state index contributed by atoms with van der Waals surface area (Å²) < 4.78 is 88.3. The molecule has 0 heterocycles. The van der Waals surface area contributed by atoms with Crippen LogP contribution in [0, 0.1) is 11.3 Å². The van der Waals surface area contributed by atoms with Gasteiger partial charge in [0.05, 0.1) is 5.57 Å². The van der Waals surface area contributed by atoms with Crippen LogP contribution in [0.15, 0.2) is 56.5 Å². The number of halogens is 8. The fraction of sp³-hybridized carbons (Fsp3) is 0.133. The van der Waals surface area contributed by atoms with Crippen LogP contribution in [0.1, 0.15) is 5.56 Å². The van der Waals surface area contributed by atoms with Crippen LogP contribution in [0.2, 0.25) is 0 Å². The molecular weight excluding hydrogens is 454 g/mol. The van der Waals surface area contributed by atoms with Crippen molar-refractivity contribution in [1.29, 1.82) is 5.26 Å². The molecule has 9 heteroatoms. The lowest BCUT2D eigenvalue weighted by Crippen LogP contribution is -2.08. The number of nitriles is 1. The number of alkyl halides is 6. The summed E-state index contributed by atoms with van der Waals surface area (Å²) in [6.45, 7) is 0. The molecule has 2 rings (SSSR count). The summed E-state index contributed by atoms with van der Waals surface area (Å²) in [5.74, 6) is -2.64. The molecule has 0 bridgehead atoms. The zero-order valence-corrected chi connectivity index (χ0v) is 13.5. The molecule has 126 valence electrons. The van der Waals surface area contributed by atoms with Gasteiger partial charge in [-0.1, -0.05) is 30.3 Å². The van der Waals surface area contributed by atoms with Gasteiger partial charge in [0, 0.05) is 16.7 Å². The van der Waals surface area contributed by atoms with Crippen molar-refractivity contribution in [1.82, 2.24) is 0 Å². The third-order valence-corrected chi connectivity index (χ3v) is 4.20. The standard InChI is InChI=1S/C15H5F7IN/c16-12(14(17,18)19)10-9(11(10)13(23)15(20,21)22)8(6-24)7-4-2-1-3-5-7/h1-5H/b9-8+,12-10?,13-11+. The quantitative estimate of drug-likeness (QED) is 0.287. The van der Waals surface area contributed by atoms with Crippen molar-refractivity contribution in [3.05, 3.63) is 62.0 Å². The number of rotatable bonds is 1. The maximum atomic E-state index is 13.6. The molecule has 0 aromatic heterocycles. The molecule has 24 heavy (non-hydrogen) atoms. The molecule has 0 amide bonds. The van der Waals surface area contributed by atoms with Gasteiger partial charge in [0.2, 0.25) is 5.83 Å². The molecule has 0 radical (unpaired) electrons. The molecule has 1 saturated carbocycles. The van der Waals surface area contributed by atoms with E-state index in [1.165, 1.54) is 24.3 Å². The predicted molar refractivity (Wildman–Crippen MR) is 80.3 cm³/mol. The van der Waals surface area contributed by atoms with E-state index in [0.29, 0.717) is 0 Å². The van der Waals surface area contributed by atoms with E-state index in [4.69, 9.17) is 5.26 Å². The number of benzene rings is 1. The van der Waals surface area contributed by atoms with Gasteiger partial charge < -0.3 is 0 Å². The summed E-state index contributed by atoms with van der Waals surface area (Å²) in [7, 11) is 0. The highest BCUT2D eigenvalue weighted by Gasteiger charge is 2.52. The molecule has 1 aromatic rings. The van der Waals surface area contributed by atoms with Crippen LogP contribution in [-0.2, 0) is 0 Å². The summed E-state index contributed by atoms with van der Waals surface area (Å²) in [5.41, 5.74) is -3.16. The van der Waals surface area contributed by atoms with Crippen LogP contribution in [0.3, 0.4) is 0 Å². The van der Waals surface area contributed by atoms with Crippen molar-refractivity contribution in [3.8, 4) is 6.07 Å². The van der Waals surface area contributed by atoms with E-state index >= 15 is 0 Å². The van der Waals surface area contributed by atoms with E-state index in [1.54, 1.807) is 12.1 Å². The Bertz CT molecular complexity index is 767. The number of hydrogen-bond donors (Lipinski definition) is 0. The number of hydrogen-bond acceptors (Lipinski definition) is 1. The number of nitrogens with zero attached hydrogens (tertiary/aromatic N) is 1. The van der Waals surface area contributed by atoms with E-state index in [1.807, 2.05) is 0 Å². The summed E-state index contributed by atoms with van der Waals surface area (Å²) in [4.78, 5) is 0. The lowest BCUT2D eigenvalue weighted by Gasteiger charge is -2.03. The molecule has 0 saturated heterocycles. The summed E-state index contributed by atoms with van der Waals surface area (Å²) in [6, 6.07) is 8.70. The van der Waals surface area contributed by atoms with Crippen LogP contribution in [0.4, 0.5) is 30.7 Å². The fourth-order valence-electron chi connectivity index (χ4n) is 2.03. The maximum Gasteiger partial charge on any atom is 0.443 e. The van der Waals surface area contributed by atoms with E-state index in [9.17, 15) is 30.7 Å². The molecule has 1 aromatic carbocycles. The lowest BCUT2D eigenvalue weighted by atomic mass is 10.1. The van der Waals surface area contributed by atoms with Crippen molar-refractivity contribution in [3.63, 3.8) is 0 Å². The van der Waals surface area contributed by atoms with Crippen molar-refractivity contribution >= 4 is 28.2 Å². The first-order chi connectivity index (χ1) is 11.0. The molecule has 1 nitrogen and oxygen atoms in total. The largest absolute Gasteiger partial charge is 0.443 e. The normalized spacial score (nSPS) is 21.1. The number of allylic oxidation sites excluding steroid dienone is 6. The Morgan fingerprint density at radius 3 is 1.83 bits per heavy atom. The Morgan fingerprint density at radius 1 is 0.875 bits per heavy atom. The third-order valence-electron chi connectivity index (χ3n) is 3.05. The van der Waals surface area contributed by atoms with Gasteiger partial charge in [-0.2, -0.15) is 31.6 Å². The van der Waals surface area contributed by atoms with Gasteiger partial charge in [-0.05, 0) is 28.2 Å². The zero-order chi connectivity index (χ0) is 18.3. The molecule has 0 spiro atoms. The average molecular weight is 459 g/mol. The van der Waals surface area contributed by atoms with Gasteiger partial charge in [0.25, 0.3) is 0 Å². The van der Waals surface area contributed by atoms with Gasteiger partial charge >= 0.3 is 12.4 Å². The summed E-state index contributed by atoms with van der Waals surface area (Å²) in [5, 5.41) is 9.15.